The van der Waals surface area contributed by atoms with Gasteiger partial charge in [-0.15, -0.1) is 10.2 Å². The molecule has 0 radical (unpaired) electrons. The van der Waals surface area contributed by atoms with Crippen molar-refractivity contribution in [1.82, 2.24) is 30.1 Å². The van der Waals surface area contributed by atoms with E-state index in [-0.39, 0.29) is 17.2 Å². The molecule has 0 aliphatic carbocycles. The summed E-state index contributed by atoms with van der Waals surface area (Å²) >= 11 is 0. The minimum absolute atomic E-state index is 0.0276. The first-order valence-electron chi connectivity index (χ1n) is 12.6. The van der Waals surface area contributed by atoms with Gasteiger partial charge in [-0.05, 0) is 49.1 Å². The van der Waals surface area contributed by atoms with Crippen LogP contribution >= 0.6 is 0 Å². The number of rotatable bonds is 9. The van der Waals surface area contributed by atoms with Crippen LogP contribution < -0.4 is 15.5 Å². The highest BCUT2D eigenvalue weighted by Gasteiger charge is 2.13. The lowest BCUT2D eigenvalue weighted by molar-refractivity contribution is 0.252. The molecule has 2 aromatic heterocycles. The van der Waals surface area contributed by atoms with E-state index in [0.29, 0.717) is 29.4 Å². The number of anilines is 1. The van der Waals surface area contributed by atoms with Crippen molar-refractivity contribution in [3.8, 4) is 28.8 Å². The number of aromatic hydroxyl groups is 1. The molecule has 12 heteroatoms. The molecule has 0 aliphatic heterocycles. The van der Waals surface area contributed by atoms with Crippen molar-refractivity contribution < 1.29 is 19.0 Å². The fraction of sp³-hybridized carbons (Fsp3) is 0.138. The number of hydrazone groups is 1. The molecule has 11 nitrogen and oxygen atoms in total. The highest BCUT2D eigenvalue weighted by molar-refractivity contribution is 6.02. The number of hydrogen-bond acceptors (Lipinski definition) is 8. The van der Waals surface area contributed by atoms with Crippen molar-refractivity contribution in [3.05, 3.63) is 90.6 Å². The van der Waals surface area contributed by atoms with Gasteiger partial charge in [0.15, 0.2) is 17.4 Å². The van der Waals surface area contributed by atoms with Gasteiger partial charge in [-0.3, -0.25) is 4.98 Å². The number of likely N-dealkylation sites (N-methyl/N-ethyl adjacent to an activating group) is 1. The molecular formula is C29H27FN8O3. The highest BCUT2D eigenvalue weighted by atomic mass is 19.1. The second-order valence-electron chi connectivity index (χ2n) is 9.32. The summed E-state index contributed by atoms with van der Waals surface area (Å²) in [6.45, 7) is 1.47. The fourth-order valence-electron chi connectivity index (χ4n) is 4.04. The zero-order valence-electron chi connectivity index (χ0n) is 22.3. The molecule has 0 unspecified atom stereocenters. The number of phenolic OH excluding ortho intramolecular Hbond substituents is 1. The second-order valence-corrected chi connectivity index (χ2v) is 9.32. The maximum absolute atomic E-state index is 14.9. The van der Waals surface area contributed by atoms with Crippen molar-refractivity contribution in [2.75, 3.05) is 26.0 Å². The van der Waals surface area contributed by atoms with Gasteiger partial charge in [-0.1, -0.05) is 30.3 Å². The van der Waals surface area contributed by atoms with Crippen LogP contribution in [0.3, 0.4) is 0 Å². The number of urea groups is 1. The highest BCUT2D eigenvalue weighted by Crippen LogP contribution is 2.29. The third-order valence-corrected chi connectivity index (χ3v) is 6.09. The largest absolute Gasteiger partial charge is 0.507 e. The molecule has 208 valence electrons. The van der Waals surface area contributed by atoms with Crippen LogP contribution in [0.5, 0.6) is 17.2 Å². The molecule has 5 rings (SSSR count). The molecular weight excluding hydrogens is 527 g/mol. The number of phenols is 1. The molecule has 3 N–H and O–H groups in total. The quantitative estimate of drug-likeness (QED) is 0.175. The summed E-state index contributed by atoms with van der Waals surface area (Å²) in [5.41, 5.74) is 3.51. The predicted molar refractivity (Wildman–Crippen MR) is 154 cm³/mol. The summed E-state index contributed by atoms with van der Waals surface area (Å²) in [5, 5.41) is 26.5. The van der Waals surface area contributed by atoms with E-state index in [1.807, 2.05) is 47.8 Å². The van der Waals surface area contributed by atoms with E-state index >= 15 is 0 Å². The number of amides is 2. The Hall–Kier alpha value is -5.36. The number of fused-ring (bicyclic) bond motifs is 1. The first-order valence-corrected chi connectivity index (χ1v) is 12.6. The molecule has 2 amide bonds. The van der Waals surface area contributed by atoms with E-state index in [4.69, 9.17) is 4.74 Å². The smallest absolute Gasteiger partial charge is 0.339 e. The number of nitrogens with one attached hydrogen (secondary N) is 2. The maximum atomic E-state index is 14.9. The summed E-state index contributed by atoms with van der Waals surface area (Å²) < 4.78 is 22.5. The molecule has 0 fully saturated rings. The number of pyridine rings is 1. The molecule has 0 saturated carbocycles. The van der Waals surface area contributed by atoms with Crippen LogP contribution in [0.15, 0.2) is 84.4 Å². The lowest BCUT2D eigenvalue weighted by atomic mass is 10.0. The Morgan fingerprint density at radius 1 is 1.15 bits per heavy atom. The molecule has 2 heterocycles. The van der Waals surface area contributed by atoms with E-state index in [2.05, 4.69) is 31.0 Å². The summed E-state index contributed by atoms with van der Waals surface area (Å²) in [4.78, 5) is 18.7. The lowest BCUT2D eigenvalue weighted by Crippen LogP contribution is -2.24. The Morgan fingerprint density at radius 2 is 2.00 bits per heavy atom. The van der Waals surface area contributed by atoms with Gasteiger partial charge in [-0.2, -0.15) is 5.10 Å². The standard InChI is InChI=1S/C29H27FN8O3/c1-37(2)13-14-38-18-33-35-28(38)25-16-21(11-12-31-25)41-27-10-8-20(15-24(27)30)34-29(40)36-32-17-23-22-6-4-3-5-19(22)7-9-26(23)39/h3-12,15-18,39H,13-14H2,1-2H3,(H2,34,36,40)/b32-17+. The molecule has 0 atom stereocenters. The Labute approximate surface area is 234 Å². The first kappa shape index (κ1) is 27.2. The minimum Gasteiger partial charge on any atom is -0.507 e. The van der Waals surface area contributed by atoms with Crippen LogP contribution in [0.25, 0.3) is 22.3 Å². The summed E-state index contributed by atoms with van der Waals surface area (Å²) in [5.74, 6) is 0.244. The van der Waals surface area contributed by atoms with Crippen molar-refractivity contribution in [2.45, 2.75) is 6.54 Å². The number of aromatic nitrogens is 4. The third-order valence-electron chi connectivity index (χ3n) is 6.09. The Balaban J connectivity index is 1.22. The Kier molecular flexibility index (Phi) is 8.11. The average molecular weight is 555 g/mol. The number of carbonyl (C=O) groups excluding carboxylic acids is 1. The number of ether oxygens (including phenoxy) is 1. The van der Waals surface area contributed by atoms with Gasteiger partial charge >= 0.3 is 6.03 Å². The van der Waals surface area contributed by atoms with Gasteiger partial charge in [0.05, 0.1) is 6.21 Å². The minimum atomic E-state index is -0.689. The summed E-state index contributed by atoms with van der Waals surface area (Å²) in [6.07, 6.45) is 4.53. The van der Waals surface area contributed by atoms with Gasteiger partial charge in [0.2, 0.25) is 0 Å². The Bertz CT molecular complexity index is 1720. The maximum Gasteiger partial charge on any atom is 0.339 e. The van der Waals surface area contributed by atoms with Gasteiger partial charge in [0.25, 0.3) is 0 Å². The normalized spacial score (nSPS) is 11.3. The van der Waals surface area contributed by atoms with Gasteiger partial charge in [0.1, 0.15) is 23.5 Å². The molecule has 0 saturated heterocycles. The van der Waals surface area contributed by atoms with Gasteiger partial charge < -0.3 is 24.6 Å². The van der Waals surface area contributed by atoms with Crippen molar-refractivity contribution in [1.29, 1.82) is 0 Å². The topological polar surface area (TPSA) is 130 Å². The van der Waals surface area contributed by atoms with Crippen LogP contribution in [0.2, 0.25) is 0 Å². The van der Waals surface area contributed by atoms with Crippen molar-refractivity contribution >= 4 is 28.7 Å². The van der Waals surface area contributed by atoms with Crippen LogP contribution in [0.1, 0.15) is 5.56 Å². The molecule has 41 heavy (non-hydrogen) atoms. The zero-order valence-corrected chi connectivity index (χ0v) is 22.3. The van der Waals surface area contributed by atoms with Crippen molar-refractivity contribution in [2.24, 2.45) is 5.10 Å². The molecule has 5 aromatic rings. The molecule has 3 aromatic carbocycles. The van der Waals surface area contributed by atoms with Crippen LogP contribution in [0.4, 0.5) is 14.9 Å². The fourth-order valence-corrected chi connectivity index (χ4v) is 4.04. The first-order chi connectivity index (χ1) is 19.9. The van der Waals surface area contributed by atoms with Crippen LogP contribution in [-0.4, -0.2) is 62.6 Å². The zero-order chi connectivity index (χ0) is 28.8. The number of halogens is 1. The molecule has 0 bridgehead atoms. The monoisotopic (exact) mass is 554 g/mol. The van der Waals surface area contributed by atoms with E-state index in [1.165, 1.54) is 18.3 Å². The predicted octanol–water partition coefficient (Wildman–Crippen LogP) is 4.85. The van der Waals surface area contributed by atoms with Crippen LogP contribution in [-0.2, 0) is 6.54 Å². The number of carbonyl (C=O) groups is 1. The van der Waals surface area contributed by atoms with E-state index in [0.717, 1.165) is 23.4 Å². The van der Waals surface area contributed by atoms with E-state index < -0.39 is 11.8 Å². The van der Waals surface area contributed by atoms with E-state index in [9.17, 15) is 14.3 Å². The summed E-state index contributed by atoms with van der Waals surface area (Å²) in [7, 11) is 3.96. The third kappa shape index (κ3) is 6.62. The number of hydrogen-bond donors (Lipinski definition) is 3. The van der Waals surface area contributed by atoms with Crippen LogP contribution in [0, 0.1) is 5.82 Å². The van der Waals surface area contributed by atoms with Gasteiger partial charge in [-0.25, -0.2) is 14.6 Å². The lowest BCUT2D eigenvalue weighted by Gasteiger charge is -2.12. The number of nitrogens with zero attached hydrogens (tertiary/aromatic N) is 6. The molecule has 0 spiro atoms. The number of benzene rings is 3. The Morgan fingerprint density at radius 3 is 2.83 bits per heavy atom. The summed E-state index contributed by atoms with van der Waals surface area (Å²) in [6, 6.07) is 17.4. The molecule has 0 aliphatic rings. The second kappa shape index (κ2) is 12.2. The van der Waals surface area contributed by atoms with Crippen molar-refractivity contribution in [3.63, 3.8) is 0 Å². The van der Waals surface area contributed by atoms with Gasteiger partial charge in [0, 0.05) is 42.7 Å². The SMILES string of the molecule is CN(C)CCn1cnnc1-c1cc(Oc2ccc(NC(=O)N/N=C/c3c(O)ccc4ccccc34)cc2F)ccn1. The van der Waals surface area contributed by atoms with E-state index in [1.54, 1.807) is 36.8 Å². The average Bonchev–Trinajstić information content (AvgIpc) is 3.44.